The first-order valence-electron chi connectivity index (χ1n) is 8.65. The van der Waals surface area contributed by atoms with E-state index in [0.717, 1.165) is 28.1 Å². The number of amides is 1. The van der Waals surface area contributed by atoms with Crippen LogP contribution >= 0.6 is 0 Å². The molecule has 0 atom stereocenters. The van der Waals surface area contributed by atoms with E-state index in [1.807, 2.05) is 66.7 Å². The first-order valence-corrected chi connectivity index (χ1v) is 8.65. The second-order valence-electron chi connectivity index (χ2n) is 6.16. The molecule has 3 aromatic rings. The van der Waals surface area contributed by atoms with Crippen molar-refractivity contribution in [1.29, 1.82) is 5.26 Å². The Morgan fingerprint density at radius 1 is 0.741 bits per heavy atom. The molecule has 0 saturated heterocycles. The smallest absolute Gasteiger partial charge is 0.255 e. The molecule has 0 N–H and O–H groups in total. The van der Waals surface area contributed by atoms with Crippen molar-refractivity contribution in [2.24, 2.45) is 0 Å². The Hall–Kier alpha value is -3.90. The molecule has 0 radical (unpaired) electrons. The van der Waals surface area contributed by atoms with Gasteiger partial charge in [0.25, 0.3) is 5.91 Å². The molecule has 1 amide bonds. The van der Waals surface area contributed by atoms with Gasteiger partial charge in [0.1, 0.15) is 0 Å². The molecule has 0 aliphatic carbocycles. The number of nitrogens with zero attached hydrogens (tertiary/aromatic N) is 2. The molecular formula is C24H16N2O. The Bertz CT molecular complexity index is 1030. The molecule has 1 heterocycles. The van der Waals surface area contributed by atoms with Gasteiger partial charge in [0.2, 0.25) is 0 Å². The van der Waals surface area contributed by atoms with Crippen LogP contribution in [0.4, 0.5) is 5.69 Å². The molecular weight excluding hydrogens is 332 g/mol. The van der Waals surface area contributed by atoms with Gasteiger partial charge >= 0.3 is 0 Å². The molecule has 3 heteroatoms. The van der Waals surface area contributed by atoms with E-state index in [9.17, 15) is 4.79 Å². The monoisotopic (exact) mass is 348 g/mol. The third kappa shape index (κ3) is 3.17. The van der Waals surface area contributed by atoms with Gasteiger partial charge in [0.05, 0.1) is 17.3 Å². The molecule has 0 saturated carbocycles. The lowest BCUT2D eigenvalue weighted by Gasteiger charge is -2.22. The number of hydrogen-bond acceptors (Lipinski definition) is 2. The van der Waals surface area contributed by atoms with Crippen molar-refractivity contribution in [2.75, 3.05) is 4.90 Å². The summed E-state index contributed by atoms with van der Waals surface area (Å²) in [5, 5.41) is 9.03. The SMILES string of the molecule is N#Cc1ccc(N2C(=O)C=CC2=C(c2ccccc2)c2ccccc2)cc1. The van der Waals surface area contributed by atoms with Gasteiger partial charge in [-0.05, 0) is 41.5 Å². The van der Waals surface area contributed by atoms with Gasteiger partial charge in [-0.1, -0.05) is 60.7 Å². The number of carbonyl (C=O) groups excluding carboxylic acids is 1. The first-order chi connectivity index (χ1) is 13.3. The predicted octanol–water partition coefficient (Wildman–Crippen LogP) is 4.92. The van der Waals surface area contributed by atoms with Crippen molar-refractivity contribution in [3.63, 3.8) is 0 Å². The summed E-state index contributed by atoms with van der Waals surface area (Å²) in [7, 11) is 0. The van der Waals surface area contributed by atoms with E-state index in [0.29, 0.717) is 5.56 Å². The minimum atomic E-state index is -0.0981. The summed E-state index contributed by atoms with van der Waals surface area (Å²) in [4.78, 5) is 14.3. The maximum absolute atomic E-state index is 12.6. The number of rotatable bonds is 3. The zero-order valence-corrected chi connectivity index (χ0v) is 14.5. The molecule has 1 aliphatic heterocycles. The van der Waals surface area contributed by atoms with Crippen LogP contribution in [0.3, 0.4) is 0 Å². The highest BCUT2D eigenvalue weighted by Crippen LogP contribution is 2.34. The second kappa shape index (κ2) is 7.15. The maximum Gasteiger partial charge on any atom is 0.255 e. The van der Waals surface area contributed by atoms with E-state index in [-0.39, 0.29) is 5.91 Å². The van der Waals surface area contributed by atoms with Crippen LogP contribution in [0.5, 0.6) is 0 Å². The van der Waals surface area contributed by atoms with Gasteiger partial charge in [-0.3, -0.25) is 9.69 Å². The van der Waals surface area contributed by atoms with Gasteiger partial charge in [0, 0.05) is 17.3 Å². The Kier molecular flexibility index (Phi) is 4.38. The molecule has 1 aliphatic rings. The Morgan fingerprint density at radius 3 is 1.81 bits per heavy atom. The molecule has 0 bridgehead atoms. The van der Waals surface area contributed by atoms with Crippen LogP contribution in [0, 0.1) is 11.3 Å². The number of anilines is 1. The fourth-order valence-electron chi connectivity index (χ4n) is 3.24. The summed E-state index contributed by atoms with van der Waals surface area (Å²) in [6.45, 7) is 0. The summed E-state index contributed by atoms with van der Waals surface area (Å²) < 4.78 is 0. The van der Waals surface area contributed by atoms with Crippen LogP contribution in [-0.2, 0) is 4.79 Å². The van der Waals surface area contributed by atoms with Crippen molar-refractivity contribution in [2.45, 2.75) is 0 Å². The number of carbonyl (C=O) groups is 1. The predicted molar refractivity (Wildman–Crippen MR) is 107 cm³/mol. The van der Waals surface area contributed by atoms with Crippen LogP contribution in [0.1, 0.15) is 16.7 Å². The van der Waals surface area contributed by atoms with Gasteiger partial charge in [-0.15, -0.1) is 0 Å². The van der Waals surface area contributed by atoms with Crippen molar-refractivity contribution in [3.8, 4) is 6.07 Å². The van der Waals surface area contributed by atoms with Crippen LogP contribution in [-0.4, -0.2) is 5.91 Å². The molecule has 0 fully saturated rings. The fraction of sp³-hybridized carbons (Fsp3) is 0. The number of benzene rings is 3. The van der Waals surface area contributed by atoms with Crippen LogP contribution in [0.2, 0.25) is 0 Å². The van der Waals surface area contributed by atoms with Crippen LogP contribution < -0.4 is 4.90 Å². The third-order valence-corrected chi connectivity index (χ3v) is 4.48. The van der Waals surface area contributed by atoms with Gasteiger partial charge in [-0.25, -0.2) is 0 Å². The molecule has 128 valence electrons. The zero-order valence-electron chi connectivity index (χ0n) is 14.5. The quantitative estimate of drug-likeness (QED) is 0.674. The van der Waals surface area contributed by atoms with E-state index < -0.39 is 0 Å². The normalized spacial score (nSPS) is 12.9. The summed E-state index contributed by atoms with van der Waals surface area (Å²) in [6.07, 6.45) is 3.44. The topological polar surface area (TPSA) is 44.1 Å². The van der Waals surface area contributed by atoms with E-state index in [4.69, 9.17) is 5.26 Å². The highest BCUT2D eigenvalue weighted by Gasteiger charge is 2.26. The number of allylic oxidation sites excluding steroid dienone is 1. The lowest BCUT2D eigenvalue weighted by molar-refractivity contribution is -0.113. The van der Waals surface area contributed by atoms with Gasteiger partial charge in [-0.2, -0.15) is 5.26 Å². The summed E-state index contributed by atoms with van der Waals surface area (Å²) in [5.41, 5.74) is 5.19. The van der Waals surface area contributed by atoms with Crippen molar-refractivity contribution >= 4 is 17.2 Å². The van der Waals surface area contributed by atoms with Crippen LogP contribution in [0.15, 0.2) is 103 Å². The van der Waals surface area contributed by atoms with Crippen LogP contribution in [0.25, 0.3) is 5.57 Å². The summed E-state index contributed by atoms with van der Waals surface area (Å²) >= 11 is 0. The third-order valence-electron chi connectivity index (χ3n) is 4.48. The second-order valence-corrected chi connectivity index (χ2v) is 6.16. The lowest BCUT2D eigenvalue weighted by Crippen LogP contribution is -2.24. The standard InChI is InChI=1S/C24H16N2O/c25-17-18-11-13-21(14-12-18)26-22(15-16-23(26)27)24(19-7-3-1-4-8-19)20-9-5-2-6-10-20/h1-16H. The maximum atomic E-state index is 12.6. The lowest BCUT2D eigenvalue weighted by atomic mass is 9.95. The van der Waals surface area contributed by atoms with Gasteiger partial charge in [0.15, 0.2) is 0 Å². The molecule has 0 aromatic heterocycles. The zero-order chi connectivity index (χ0) is 18.6. The minimum absolute atomic E-state index is 0.0981. The fourth-order valence-corrected chi connectivity index (χ4v) is 3.24. The first kappa shape index (κ1) is 16.6. The van der Waals surface area contributed by atoms with E-state index >= 15 is 0 Å². The molecule has 4 rings (SSSR count). The summed E-state index contributed by atoms with van der Waals surface area (Å²) in [6, 6.07) is 29.3. The largest absolute Gasteiger partial charge is 0.277 e. The number of hydrogen-bond donors (Lipinski definition) is 0. The highest BCUT2D eigenvalue weighted by molar-refractivity contribution is 6.11. The van der Waals surface area contributed by atoms with E-state index in [1.54, 1.807) is 35.2 Å². The molecule has 0 unspecified atom stereocenters. The van der Waals surface area contributed by atoms with Crippen molar-refractivity contribution in [3.05, 3.63) is 119 Å². The molecule has 0 spiro atoms. The Morgan fingerprint density at radius 2 is 1.30 bits per heavy atom. The Balaban J connectivity index is 1.93. The summed E-state index contributed by atoms with van der Waals surface area (Å²) in [5.74, 6) is -0.0981. The molecule has 3 aromatic carbocycles. The van der Waals surface area contributed by atoms with Crippen molar-refractivity contribution < 1.29 is 4.79 Å². The van der Waals surface area contributed by atoms with E-state index in [1.165, 1.54) is 0 Å². The average Bonchev–Trinajstić information content (AvgIpc) is 3.11. The Labute approximate surface area is 158 Å². The minimum Gasteiger partial charge on any atom is -0.277 e. The van der Waals surface area contributed by atoms with Crippen molar-refractivity contribution in [1.82, 2.24) is 0 Å². The van der Waals surface area contributed by atoms with Gasteiger partial charge < -0.3 is 0 Å². The van der Waals surface area contributed by atoms with E-state index in [2.05, 4.69) is 6.07 Å². The molecule has 27 heavy (non-hydrogen) atoms. The highest BCUT2D eigenvalue weighted by atomic mass is 16.2. The number of nitriles is 1. The molecule has 3 nitrogen and oxygen atoms in total. The average molecular weight is 348 g/mol.